The fraction of sp³-hybridized carbons (Fsp3) is 0.350. The number of amides is 1. The standard InChI is InChI=1S/C20H25NO2/c1-5-19(23-18-12-8-15(3)9-13-18)20(22)21-16(4)17-10-6-14(2)7-11-17/h6-13,16,19H,5H2,1-4H3,(H,21,22)/t16-,19-/m1/s1. The predicted octanol–water partition coefficient (Wildman–Crippen LogP) is 4.34. The number of aryl methyl sites for hydroxylation is 2. The molecule has 0 saturated carbocycles. The lowest BCUT2D eigenvalue weighted by Gasteiger charge is -2.21. The van der Waals surface area contributed by atoms with Gasteiger partial charge in [0.05, 0.1) is 6.04 Å². The monoisotopic (exact) mass is 311 g/mol. The molecule has 0 fully saturated rings. The third-order valence-corrected chi connectivity index (χ3v) is 3.90. The van der Waals surface area contributed by atoms with Crippen LogP contribution in [0.1, 0.15) is 43.0 Å². The minimum Gasteiger partial charge on any atom is -0.481 e. The highest BCUT2D eigenvalue weighted by atomic mass is 16.5. The van der Waals surface area contributed by atoms with E-state index >= 15 is 0 Å². The Morgan fingerprint density at radius 1 is 1.00 bits per heavy atom. The van der Waals surface area contributed by atoms with Gasteiger partial charge in [0, 0.05) is 0 Å². The van der Waals surface area contributed by atoms with Crippen molar-refractivity contribution in [3.05, 3.63) is 65.2 Å². The largest absolute Gasteiger partial charge is 0.481 e. The quantitative estimate of drug-likeness (QED) is 0.862. The smallest absolute Gasteiger partial charge is 0.261 e. The summed E-state index contributed by atoms with van der Waals surface area (Å²) < 4.78 is 5.82. The third kappa shape index (κ3) is 4.85. The highest BCUT2D eigenvalue weighted by Gasteiger charge is 2.20. The van der Waals surface area contributed by atoms with Gasteiger partial charge in [0.1, 0.15) is 5.75 Å². The van der Waals surface area contributed by atoms with Crippen LogP contribution in [0.3, 0.4) is 0 Å². The van der Waals surface area contributed by atoms with Crippen molar-refractivity contribution in [1.29, 1.82) is 0 Å². The van der Waals surface area contributed by atoms with Crippen LogP contribution < -0.4 is 10.1 Å². The van der Waals surface area contributed by atoms with Gasteiger partial charge in [0.2, 0.25) is 0 Å². The average Bonchev–Trinajstić information content (AvgIpc) is 2.54. The molecule has 2 aromatic carbocycles. The Hall–Kier alpha value is -2.29. The van der Waals surface area contributed by atoms with Gasteiger partial charge in [0.25, 0.3) is 5.91 Å². The van der Waals surface area contributed by atoms with Gasteiger partial charge >= 0.3 is 0 Å². The maximum atomic E-state index is 12.5. The van der Waals surface area contributed by atoms with Crippen molar-refractivity contribution < 1.29 is 9.53 Å². The Bertz CT molecular complexity index is 632. The fourth-order valence-corrected chi connectivity index (χ4v) is 2.35. The molecule has 0 aliphatic heterocycles. The third-order valence-electron chi connectivity index (χ3n) is 3.90. The second-order valence-electron chi connectivity index (χ2n) is 5.97. The van der Waals surface area contributed by atoms with Gasteiger partial charge in [-0.3, -0.25) is 4.79 Å². The van der Waals surface area contributed by atoms with Crippen LogP contribution in [0.2, 0.25) is 0 Å². The van der Waals surface area contributed by atoms with E-state index in [9.17, 15) is 4.79 Å². The Morgan fingerprint density at radius 2 is 1.52 bits per heavy atom. The zero-order valence-corrected chi connectivity index (χ0v) is 14.3. The van der Waals surface area contributed by atoms with Crippen molar-refractivity contribution in [1.82, 2.24) is 5.32 Å². The first kappa shape index (κ1) is 17.1. The molecule has 0 aromatic heterocycles. The molecule has 122 valence electrons. The van der Waals surface area contributed by atoms with Crippen LogP contribution in [0.5, 0.6) is 5.75 Å². The molecule has 0 heterocycles. The highest BCUT2D eigenvalue weighted by Crippen LogP contribution is 2.17. The number of ether oxygens (including phenoxy) is 1. The van der Waals surface area contributed by atoms with E-state index in [2.05, 4.69) is 24.4 Å². The zero-order chi connectivity index (χ0) is 16.8. The SMILES string of the molecule is CC[C@@H](Oc1ccc(C)cc1)C(=O)N[C@H](C)c1ccc(C)cc1. The molecule has 0 bridgehead atoms. The summed E-state index contributed by atoms with van der Waals surface area (Å²) in [5, 5.41) is 3.03. The van der Waals surface area contributed by atoms with Gasteiger partial charge in [-0.05, 0) is 44.9 Å². The van der Waals surface area contributed by atoms with E-state index < -0.39 is 6.10 Å². The predicted molar refractivity (Wildman–Crippen MR) is 93.6 cm³/mol. The second kappa shape index (κ2) is 7.82. The minimum absolute atomic E-state index is 0.0428. The molecule has 3 nitrogen and oxygen atoms in total. The Labute approximate surface area is 138 Å². The van der Waals surface area contributed by atoms with E-state index in [0.717, 1.165) is 11.3 Å². The maximum Gasteiger partial charge on any atom is 0.261 e. The van der Waals surface area contributed by atoms with Gasteiger partial charge in [-0.15, -0.1) is 0 Å². The van der Waals surface area contributed by atoms with Crippen molar-refractivity contribution in [2.75, 3.05) is 0 Å². The molecule has 0 spiro atoms. The van der Waals surface area contributed by atoms with Crippen LogP contribution >= 0.6 is 0 Å². The summed E-state index contributed by atoms with van der Waals surface area (Å²) in [5.41, 5.74) is 3.47. The number of carbonyl (C=O) groups is 1. The van der Waals surface area contributed by atoms with E-state index in [0.29, 0.717) is 6.42 Å². The van der Waals surface area contributed by atoms with E-state index in [-0.39, 0.29) is 11.9 Å². The minimum atomic E-state index is -0.481. The molecule has 2 rings (SSSR count). The molecule has 2 atom stereocenters. The molecule has 1 amide bonds. The number of nitrogens with one attached hydrogen (secondary N) is 1. The summed E-state index contributed by atoms with van der Waals surface area (Å²) >= 11 is 0. The number of carbonyl (C=O) groups excluding carboxylic acids is 1. The van der Waals surface area contributed by atoms with Crippen molar-refractivity contribution >= 4 is 5.91 Å². The summed E-state index contributed by atoms with van der Waals surface area (Å²) in [6.45, 7) is 8.02. The van der Waals surface area contributed by atoms with Crippen molar-refractivity contribution in [3.8, 4) is 5.75 Å². The van der Waals surface area contributed by atoms with Crippen LogP contribution in [0.25, 0.3) is 0 Å². The Kier molecular flexibility index (Phi) is 5.80. The summed E-state index contributed by atoms with van der Waals surface area (Å²) in [5.74, 6) is 0.640. The second-order valence-corrected chi connectivity index (χ2v) is 5.97. The first-order chi connectivity index (χ1) is 11.0. The van der Waals surface area contributed by atoms with E-state index in [1.54, 1.807) is 0 Å². The zero-order valence-electron chi connectivity index (χ0n) is 14.3. The molecule has 3 heteroatoms. The molecule has 2 aromatic rings. The van der Waals surface area contributed by atoms with Crippen LogP contribution in [0, 0.1) is 13.8 Å². The molecule has 0 aliphatic rings. The van der Waals surface area contributed by atoms with E-state index in [1.807, 2.05) is 57.2 Å². The molecular weight excluding hydrogens is 286 g/mol. The number of benzene rings is 2. The van der Waals surface area contributed by atoms with Gasteiger partial charge in [-0.1, -0.05) is 54.4 Å². The molecule has 0 aliphatic carbocycles. The molecule has 0 saturated heterocycles. The van der Waals surface area contributed by atoms with Gasteiger partial charge < -0.3 is 10.1 Å². The molecule has 0 radical (unpaired) electrons. The normalized spacial score (nSPS) is 13.2. The van der Waals surface area contributed by atoms with Gasteiger partial charge in [-0.25, -0.2) is 0 Å². The van der Waals surface area contributed by atoms with E-state index in [4.69, 9.17) is 4.74 Å². The molecule has 23 heavy (non-hydrogen) atoms. The maximum absolute atomic E-state index is 12.5. The lowest BCUT2D eigenvalue weighted by molar-refractivity contribution is -0.128. The Balaban J connectivity index is 1.99. The first-order valence-electron chi connectivity index (χ1n) is 8.10. The average molecular weight is 311 g/mol. The summed E-state index contributed by atoms with van der Waals surface area (Å²) in [7, 11) is 0. The van der Waals surface area contributed by atoms with Crippen LogP contribution in [0.15, 0.2) is 48.5 Å². The van der Waals surface area contributed by atoms with Gasteiger partial charge in [0.15, 0.2) is 6.10 Å². The lowest BCUT2D eigenvalue weighted by atomic mass is 10.1. The van der Waals surface area contributed by atoms with E-state index in [1.165, 1.54) is 11.1 Å². The van der Waals surface area contributed by atoms with Gasteiger partial charge in [-0.2, -0.15) is 0 Å². The van der Waals surface area contributed by atoms with Crippen LogP contribution in [-0.4, -0.2) is 12.0 Å². The first-order valence-corrected chi connectivity index (χ1v) is 8.10. The molecule has 1 N–H and O–H groups in total. The number of hydrogen-bond donors (Lipinski definition) is 1. The lowest BCUT2D eigenvalue weighted by Crippen LogP contribution is -2.39. The summed E-state index contributed by atoms with van der Waals surface area (Å²) in [4.78, 5) is 12.5. The van der Waals surface area contributed by atoms with Crippen LogP contribution in [0.4, 0.5) is 0 Å². The van der Waals surface area contributed by atoms with Crippen molar-refractivity contribution in [3.63, 3.8) is 0 Å². The van der Waals surface area contributed by atoms with Crippen LogP contribution in [-0.2, 0) is 4.79 Å². The van der Waals surface area contributed by atoms with Crippen molar-refractivity contribution in [2.24, 2.45) is 0 Å². The number of rotatable bonds is 6. The topological polar surface area (TPSA) is 38.3 Å². The Morgan fingerprint density at radius 3 is 2.04 bits per heavy atom. The van der Waals surface area contributed by atoms with Crippen molar-refractivity contribution in [2.45, 2.75) is 46.3 Å². The summed E-state index contributed by atoms with van der Waals surface area (Å²) in [6.07, 6.45) is 0.144. The number of hydrogen-bond acceptors (Lipinski definition) is 2. The summed E-state index contributed by atoms with van der Waals surface area (Å²) in [6, 6.07) is 15.9. The fourth-order valence-electron chi connectivity index (χ4n) is 2.35. The molecule has 0 unspecified atom stereocenters. The highest BCUT2D eigenvalue weighted by molar-refractivity contribution is 5.81. The molecular formula is C20H25NO2.